The molecule has 2 aliphatic rings. The first-order valence-electron chi connectivity index (χ1n) is 6.81. The van der Waals surface area contributed by atoms with Crippen LogP contribution in [0.1, 0.15) is 39.0 Å². The molecule has 1 heterocycles. The summed E-state index contributed by atoms with van der Waals surface area (Å²) < 4.78 is 0. The molecule has 2 fully saturated rings. The quantitative estimate of drug-likeness (QED) is 0.763. The Labute approximate surface area is 108 Å². The number of nitrogens with one attached hydrogen (secondary N) is 1. The SMILES string of the molecule is CCC1(C(=O)O)CCCN(CC(=O)NC2CC2)C1. The number of aliphatic carboxylic acids is 1. The van der Waals surface area contributed by atoms with Crippen LogP contribution in [0.4, 0.5) is 0 Å². The number of nitrogens with zero attached hydrogens (tertiary/aromatic N) is 1. The van der Waals surface area contributed by atoms with E-state index in [1.165, 1.54) is 0 Å². The van der Waals surface area contributed by atoms with Crippen molar-refractivity contribution in [2.24, 2.45) is 5.41 Å². The van der Waals surface area contributed by atoms with Crippen LogP contribution in [0, 0.1) is 5.41 Å². The molecule has 2 rings (SSSR count). The van der Waals surface area contributed by atoms with Crippen LogP contribution in [-0.4, -0.2) is 47.6 Å². The fourth-order valence-corrected chi connectivity index (χ4v) is 2.68. The number of hydrogen-bond donors (Lipinski definition) is 2. The van der Waals surface area contributed by atoms with E-state index in [1.807, 2.05) is 11.8 Å². The van der Waals surface area contributed by atoms with E-state index in [4.69, 9.17) is 0 Å². The van der Waals surface area contributed by atoms with Gasteiger partial charge in [-0.1, -0.05) is 6.92 Å². The van der Waals surface area contributed by atoms with E-state index in [0.29, 0.717) is 25.6 Å². The van der Waals surface area contributed by atoms with Crippen LogP contribution in [0.15, 0.2) is 0 Å². The molecule has 1 atom stereocenters. The molecule has 5 heteroatoms. The summed E-state index contributed by atoms with van der Waals surface area (Å²) in [5.74, 6) is -0.688. The Hall–Kier alpha value is -1.10. The van der Waals surface area contributed by atoms with E-state index < -0.39 is 11.4 Å². The predicted molar refractivity (Wildman–Crippen MR) is 67.2 cm³/mol. The second-order valence-corrected chi connectivity index (χ2v) is 5.60. The maximum atomic E-state index is 11.7. The number of hydrogen-bond acceptors (Lipinski definition) is 3. The van der Waals surface area contributed by atoms with Crippen molar-refractivity contribution >= 4 is 11.9 Å². The topological polar surface area (TPSA) is 69.6 Å². The zero-order valence-corrected chi connectivity index (χ0v) is 10.9. The average molecular weight is 254 g/mol. The number of carbonyl (C=O) groups is 2. The lowest BCUT2D eigenvalue weighted by atomic mass is 9.77. The third-order valence-electron chi connectivity index (χ3n) is 4.10. The second kappa shape index (κ2) is 5.26. The Kier molecular flexibility index (Phi) is 3.90. The number of amides is 1. The van der Waals surface area contributed by atoms with Gasteiger partial charge in [-0.25, -0.2) is 0 Å². The number of piperidine rings is 1. The van der Waals surface area contributed by atoms with E-state index in [9.17, 15) is 14.7 Å². The summed E-state index contributed by atoms with van der Waals surface area (Å²) in [5.41, 5.74) is -0.655. The summed E-state index contributed by atoms with van der Waals surface area (Å²) in [6.45, 7) is 3.58. The predicted octanol–water partition coefficient (Wildman–Crippen LogP) is 0.842. The number of carboxylic acids is 1. The van der Waals surface area contributed by atoms with Gasteiger partial charge in [0.05, 0.1) is 12.0 Å². The second-order valence-electron chi connectivity index (χ2n) is 5.60. The highest BCUT2D eigenvalue weighted by molar-refractivity contribution is 5.79. The zero-order valence-electron chi connectivity index (χ0n) is 10.9. The van der Waals surface area contributed by atoms with Gasteiger partial charge >= 0.3 is 5.97 Å². The van der Waals surface area contributed by atoms with Gasteiger partial charge in [0.1, 0.15) is 0 Å². The molecule has 0 bridgehead atoms. The Balaban J connectivity index is 1.88. The molecular formula is C13H22N2O3. The first-order valence-corrected chi connectivity index (χ1v) is 6.81. The average Bonchev–Trinajstić information content (AvgIpc) is 3.12. The summed E-state index contributed by atoms with van der Waals surface area (Å²) in [6.07, 6.45) is 4.37. The fraction of sp³-hybridized carbons (Fsp3) is 0.846. The molecule has 5 nitrogen and oxygen atoms in total. The number of likely N-dealkylation sites (tertiary alicyclic amines) is 1. The summed E-state index contributed by atoms with van der Waals surface area (Å²) in [7, 11) is 0. The Bertz CT molecular complexity index is 341. The number of carboxylic acid groups (broad SMARTS) is 1. The van der Waals surface area contributed by atoms with Crippen LogP contribution in [-0.2, 0) is 9.59 Å². The molecule has 0 spiro atoms. The molecule has 1 aliphatic heterocycles. The lowest BCUT2D eigenvalue weighted by Crippen LogP contribution is -2.50. The molecule has 1 unspecified atom stereocenters. The van der Waals surface area contributed by atoms with E-state index >= 15 is 0 Å². The summed E-state index contributed by atoms with van der Waals surface area (Å²) >= 11 is 0. The van der Waals surface area contributed by atoms with Crippen molar-refractivity contribution in [1.29, 1.82) is 0 Å². The van der Waals surface area contributed by atoms with Gasteiger partial charge in [-0.3, -0.25) is 14.5 Å². The maximum absolute atomic E-state index is 11.7. The minimum atomic E-state index is -0.725. The van der Waals surface area contributed by atoms with Crippen molar-refractivity contribution < 1.29 is 14.7 Å². The highest BCUT2D eigenvalue weighted by atomic mass is 16.4. The van der Waals surface area contributed by atoms with Crippen molar-refractivity contribution in [3.05, 3.63) is 0 Å². The smallest absolute Gasteiger partial charge is 0.310 e. The largest absolute Gasteiger partial charge is 0.481 e. The van der Waals surface area contributed by atoms with Crippen molar-refractivity contribution in [3.63, 3.8) is 0 Å². The van der Waals surface area contributed by atoms with Crippen molar-refractivity contribution in [2.75, 3.05) is 19.6 Å². The van der Waals surface area contributed by atoms with E-state index in [0.717, 1.165) is 32.2 Å². The van der Waals surface area contributed by atoms with E-state index in [-0.39, 0.29) is 5.91 Å². The van der Waals surface area contributed by atoms with E-state index in [2.05, 4.69) is 5.32 Å². The fourth-order valence-electron chi connectivity index (χ4n) is 2.68. The summed E-state index contributed by atoms with van der Waals surface area (Å²) in [4.78, 5) is 25.1. The van der Waals surface area contributed by atoms with Crippen LogP contribution in [0.2, 0.25) is 0 Å². The lowest BCUT2D eigenvalue weighted by molar-refractivity contribution is -0.153. The molecule has 2 N–H and O–H groups in total. The normalized spacial score (nSPS) is 28.9. The number of carbonyl (C=O) groups excluding carboxylic acids is 1. The summed E-state index contributed by atoms with van der Waals surface area (Å²) in [6, 6.07) is 0.373. The molecule has 1 amide bonds. The van der Waals surface area contributed by atoms with Crippen LogP contribution in [0.25, 0.3) is 0 Å². The lowest BCUT2D eigenvalue weighted by Gasteiger charge is -2.39. The first-order chi connectivity index (χ1) is 8.55. The summed E-state index contributed by atoms with van der Waals surface area (Å²) in [5, 5.41) is 12.3. The molecular weight excluding hydrogens is 232 g/mol. The van der Waals surface area contributed by atoms with Gasteiger partial charge < -0.3 is 10.4 Å². The van der Waals surface area contributed by atoms with Gasteiger partial charge in [0, 0.05) is 12.6 Å². The van der Waals surface area contributed by atoms with Crippen LogP contribution >= 0.6 is 0 Å². The van der Waals surface area contributed by atoms with Crippen LogP contribution in [0.5, 0.6) is 0 Å². The molecule has 0 aromatic carbocycles. The van der Waals surface area contributed by atoms with Crippen molar-refractivity contribution in [2.45, 2.75) is 45.1 Å². The highest BCUT2D eigenvalue weighted by Crippen LogP contribution is 2.33. The standard InChI is InChI=1S/C13H22N2O3/c1-2-13(12(17)18)6-3-7-15(9-13)8-11(16)14-10-4-5-10/h10H,2-9H2,1H3,(H,14,16)(H,17,18). The van der Waals surface area contributed by atoms with E-state index in [1.54, 1.807) is 0 Å². The highest BCUT2D eigenvalue weighted by Gasteiger charge is 2.41. The van der Waals surface area contributed by atoms with Gasteiger partial charge in [-0.05, 0) is 38.6 Å². The van der Waals surface area contributed by atoms with Crippen molar-refractivity contribution in [1.82, 2.24) is 10.2 Å². The van der Waals surface area contributed by atoms with Gasteiger partial charge in [0.2, 0.25) is 5.91 Å². The van der Waals surface area contributed by atoms with Gasteiger partial charge in [-0.2, -0.15) is 0 Å². The molecule has 0 aromatic rings. The molecule has 1 aliphatic carbocycles. The molecule has 0 radical (unpaired) electrons. The monoisotopic (exact) mass is 254 g/mol. The minimum Gasteiger partial charge on any atom is -0.481 e. The Morgan fingerprint density at radius 1 is 1.44 bits per heavy atom. The Morgan fingerprint density at radius 2 is 2.17 bits per heavy atom. The van der Waals surface area contributed by atoms with Gasteiger partial charge in [0.25, 0.3) is 0 Å². The van der Waals surface area contributed by atoms with Crippen LogP contribution < -0.4 is 5.32 Å². The Morgan fingerprint density at radius 3 is 2.72 bits per heavy atom. The molecule has 18 heavy (non-hydrogen) atoms. The molecule has 1 saturated heterocycles. The minimum absolute atomic E-state index is 0.0368. The third kappa shape index (κ3) is 3.02. The van der Waals surface area contributed by atoms with Gasteiger partial charge in [-0.15, -0.1) is 0 Å². The van der Waals surface area contributed by atoms with Crippen LogP contribution in [0.3, 0.4) is 0 Å². The maximum Gasteiger partial charge on any atom is 0.310 e. The first kappa shape index (κ1) is 13.3. The molecule has 0 aromatic heterocycles. The third-order valence-corrected chi connectivity index (χ3v) is 4.10. The molecule has 102 valence electrons. The molecule has 1 saturated carbocycles. The number of rotatable bonds is 5. The zero-order chi connectivity index (χ0) is 13.2. The van der Waals surface area contributed by atoms with Gasteiger partial charge in [0.15, 0.2) is 0 Å². The van der Waals surface area contributed by atoms with Crippen molar-refractivity contribution in [3.8, 4) is 0 Å².